The van der Waals surface area contributed by atoms with E-state index in [1.165, 1.54) is 315 Å². The van der Waals surface area contributed by atoms with Crippen molar-refractivity contribution >= 4 is 39.5 Å². The van der Waals surface area contributed by atoms with Gasteiger partial charge in [-0.15, -0.1) is 0 Å². The van der Waals surface area contributed by atoms with Crippen LogP contribution < -0.4 is 0 Å². The number of carbonyl (C=O) groups is 4. The number of rotatable bonds is 91. The van der Waals surface area contributed by atoms with Gasteiger partial charge in [0, 0.05) is 25.7 Å². The molecule has 0 aromatic rings. The van der Waals surface area contributed by atoms with Crippen LogP contribution in [0.2, 0.25) is 0 Å². The molecular weight excluding hydrogens is 1440 g/mol. The molecule has 19 heteroatoms. The number of esters is 4. The van der Waals surface area contributed by atoms with Crippen LogP contribution in [0.4, 0.5) is 0 Å². The van der Waals surface area contributed by atoms with E-state index < -0.39 is 97.5 Å². The van der Waals surface area contributed by atoms with Gasteiger partial charge in [-0.05, 0) is 37.5 Å². The number of carbonyl (C=O) groups excluding carboxylic acids is 4. The van der Waals surface area contributed by atoms with E-state index in [2.05, 4.69) is 41.5 Å². The first-order valence-corrected chi connectivity index (χ1v) is 50.5. The monoisotopic (exact) mass is 1620 g/mol. The minimum Gasteiger partial charge on any atom is -0.462 e. The molecule has 0 rings (SSSR count). The molecule has 2 unspecified atom stereocenters. The number of hydrogen-bond donors (Lipinski definition) is 3. The minimum atomic E-state index is -4.97. The third-order valence-corrected chi connectivity index (χ3v) is 23.6. The van der Waals surface area contributed by atoms with Crippen molar-refractivity contribution in [3.8, 4) is 0 Å². The number of hydrogen-bond acceptors (Lipinski definition) is 15. The molecule has 5 atom stereocenters. The fourth-order valence-electron chi connectivity index (χ4n) is 14.5. The highest BCUT2D eigenvalue weighted by atomic mass is 31.2. The van der Waals surface area contributed by atoms with E-state index in [4.69, 9.17) is 37.0 Å². The minimum absolute atomic E-state index is 0.109. The zero-order chi connectivity index (χ0) is 81.3. The predicted octanol–water partition coefficient (Wildman–Crippen LogP) is 28.6. The van der Waals surface area contributed by atoms with E-state index in [1.807, 2.05) is 0 Å². The van der Waals surface area contributed by atoms with Crippen LogP contribution in [0.3, 0.4) is 0 Å². The normalized spacial score (nSPS) is 13.7. The Balaban J connectivity index is 5.23. The van der Waals surface area contributed by atoms with Gasteiger partial charge >= 0.3 is 39.5 Å². The lowest BCUT2D eigenvalue weighted by atomic mass is 10.0. The van der Waals surface area contributed by atoms with Gasteiger partial charge < -0.3 is 33.8 Å². The van der Waals surface area contributed by atoms with Crippen molar-refractivity contribution in [2.24, 2.45) is 11.8 Å². The summed E-state index contributed by atoms with van der Waals surface area (Å²) in [7, 11) is -9.94. The van der Waals surface area contributed by atoms with Gasteiger partial charge in [-0.25, -0.2) is 9.13 Å². The van der Waals surface area contributed by atoms with Crippen LogP contribution in [0.1, 0.15) is 497 Å². The predicted molar refractivity (Wildman–Crippen MR) is 460 cm³/mol. The summed E-state index contributed by atoms with van der Waals surface area (Å²) < 4.78 is 69.1. The lowest BCUT2D eigenvalue weighted by Crippen LogP contribution is -2.30. The third-order valence-electron chi connectivity index (χ3n) is 21.7. The zero-order valence-corrected chi connectivity index (χ0v) is 75.1. The van der Waals surface area contributed by atoms with E-state index in [0.717, 1.165) is 102 Å². The van der Waals surface area contributed by atoms with Crippen molar-refractivity contribution in [1.29, 1.82) is 0 Å². The SMILES string of the molecule is CCCCCCCCCCCCCCCCCCCCCCCCC(=O)O[C@H](COC(=O)CCCCCCCCCCCCCCCCCCC(C)C)COP(=O)(O)OC[C@@H](O)COP(=O)(O)OC[C@@H](COC(=O)CCCCCCCCCCCCC)OC(=O)CCCCCCCCCCCCCCCCCCC(C)C. The summed E-state index contributed by atoms with van der Waals surface area (Å²) in [5.74, 6) is -0.472. The Hall–Kier alpha value is -1.94. The summed E-state index contributed by atoms with van der Waals surface area (Å²) >= 11 is 0. The second kappa shape index (κ2) is 83.1. The zero-order valence-electron chi connectivity index (χ0n) is 73.3. The summed E-state index contributed by atoms with van der Waals surface area (Å²) in [6, 6.07) is 0. The Kier molecular flexibility index (Phi) is 81.7. The highest BCUT2D eigenvalue weighted by Gasteiger charge is 2.31. The Morgan fingerprint density at radius 2 is 0.414 bits per heavy atom. The molecule has 0 aromatic heterocycles. The molecular formula is C92H180O17P2. The van der Waals surface area contributed by atoms with Crippen LogP contribution >= 0.6 is 15.6 Å². The number of phosphoric acid groups is 2. The van der Waals surface area contributed by atoms with Crippen LogP contribution in [0, 0.1) is 11.8 Å². The highest BCUT2D eigenvalue weighted by Crippen LogP contribution is 2.45. The van der Waals surface area contributed by atoms with Crippen molar-refractivity contribution < 1.29 is 80.2 Å². The number of ether oxygens (including phenoxy) is 4. The number of unbranched alkanes of at least 4 members (excludes halogenated alkanes) is 61. The smallest absolute Gasteiger partial charge is 0.462 e. The second-order valence-electron chi connectivity index (χ2n) is 34.0. The molecule has 0 saturated heterocycles. The van der Waals surface area contributed by atoms with E-state index >= 15 is 0 Å². The van der Waals surface area contributed by atoms with Gasteiger partial charge in [-0.2, -0.15) is 0 Å². The Labute approximate surface area is 683 Å². The highest BCUT2D eigenvalue weighted by molar-refractivity contribution is 7.47. The molecule has 0 radical (unpaired) electrons. The molecule has 17 nitrogen and oxygen atoms in total. The average molecular weight is 1620 g/mol. The van der Waals surface area contributed by atoms with Crippen molar-refractivity contribution in [2.75, 3.05) is 39.6 Å². The molecule has 0 aliphatic carbocycles. The summed E-state index contributed by atoms with van der Waals surface area (Å²) in [4.78, 5) is 73.4. The van der Waals surface area contributed by atoms with Gasteiger partial charge in [-0.1, -0.05) is 446 Å². The molecule has 111 heavy (non-hydrogen) atoms. The summed E-state index contributed by atoms with van der Waals surface area (Å²) in [5, 5.41) is 10.7. The van der Waals surface area contributed by atoms with Crippen LogP contribution in [-0.4, -0.2) is 96.7 Å². The molecule has 0 fully saturated rings. The van der Waals surface area contributed by atoms with Crippen LogP contribution in [-0.2, 0) is 65.4 Å². The van der Waals surface area contributed by atoms with Gasteiger partial charge in [-0.3, -0.25) is 37.3 Å². The third kappa shape index (κ3) is 85.8. The maximum Gasteiger partial charge on any atom is 0.472 e. The van der Waals surface area contributed by atoms with Crippen LogP contribution in [0.5, 0.6) is 0 Å². The number of aliphatic hydroxyl groups is 1. The standard InChI is InChI=1S/C92H180O17P2/c1-7-9-11-13-15-17-19-20-21-22-23-24-25-26-27-35-40-46-52-58-64-70-76-92(97)109-88(81-103-90(95)75-69-63-57-51-45-39-34-30-28-32-37-43-48-54-60-66-72-84(3)4)83-107-111(100,101)105-79-86(93)78-104-110(98,99)106-82-87(80-102-89(94)74-68-62-56-50-42-18-16-14-12-10-8-2)108-91(96)77-71-65-59-53-47-41-36-31-29-33-38-44-49-55-61-67-73-85(5)6/h84-88,93H,7-83H2,1-6H3,(H,98,99)(H,100,101)/t86-,87+,88+/m0/s1. The fourth-order valence-corrected chi connectivity index (χ4v) is 16.1. The average Bonchev–Trinajstić information content (AvgIpc) is 0.899. The molecule has 0 spiro atoms. The molecule has 660 valence electrons. The fraction of sp³-hybridized carbons (Fsp3) is 0.957. The second-order valence-corrected chi connectivity index (χ2v) is 36.9. The van der Waals surface area contributed by atoms with Gasteiger partial charge in [0.15, 0.2) is 12.2 Å². The van der Waals surface area contributed by atoms with Crippen molar-refractivity contribution in [3.63, 3.8) is 0 Å². The van der Waals surface area contributed by atoms with Gasteiger partial charge in [0.1, 0.15) is 19.3 Å². The lowest BCUT2D eigenvalue weighted by Gasteiger charge is -2.21. The quantitative estimate of drug-likeness (QED) is 0.0222. The van der Waals surface area contributed by atoms with Crippen LogP contribution in [0.15, 0.2) is 0 Å². The molecule has 0 heterocycles. The van der Waals surface area contributed by atoms with Gasteiger partial charge in [0.25, 0.3) is 0 Å². The molecule has 0 aliphatic heterocycles. The van der Waals surface area contributed by atoms with E-state index in [1.54, 1.807) is 0 Å². The van der Waals surface area contributed by atoms with E-state index in [-0.39, 0.29) is 25.7 Å². The van der Waals surface area contributed by atoms with E-state index in [0.29, 0.717) is 25.7 Å². The lowest BCUT2D eigenvalue weighted by molar-refractivity contribution is -0.161. The van der Waals surface area contributed by atoms with Crippen molar-refractivity contribution in [3.05, 3.63) is 0 Å². The van der Waals surface area contributed by atoms with E-state index in [9.17, 15) is 43.2 Å². The first-order valence-electron chi connectivity index (χ1n) is 47.5. The summed E-state index contributed by atoms with van der Waals surface area (Å²) in [6.45, 7) is 9.77. The van der Waals surface area contributed by atoms with Crippen LogP contribution in [0.25, 0.3) is 0 Å². The maximum absolute atomic E-state index is 13.2. The van der Waals surface area contributed by atoms with Gasteiger partial charge in [0.05, 0.1) is 26.4 Å². The first-order chi connectivity index (χ1) is 53.9. The van der Waals surface area contributed by atoms with Gasteiger partial charge in [0.2, 0.25) is 0 Å². The number of aliphatic hydroxyl groups excluding tert-OH is 1. The topological polar surface area (TPSA) is 237 Å². The molecule has 0 bridgehead atoms. The Morgan fingerprint density at radius 1 is 0.243 bits per heavy atom. The summed E-state index contributed by atoms with van der Waals surface area (Å²) in [5.41, 5.74) is 0. The molecule has 0 aromatic carbocycles. The maximum atomic E-state index is 13.2. The molecule has 0 aliphatic rings. The molecule has 0 amide bonds. The Morgan fingerprint density at radius 3 is 0.613 bits per heavy atom. The molecule has 3 N–H and O–H groups in total. The number of phosphoric ester groups is 2. The Bertz CT molecular complexity index is 2120. The molecule has 0 saturated carbocycles. The summed E-state index contributed by atoms with van der Waals surface area (Å²) in [6.07, 6.45) is 77.9. The first kappa shape index (κ1) is 109. The largest absolute Gasteiger partial charge is 0.472 e. The van der Waals surface area contributed by atoms with Crippen molar-refractivity contribution in [2.45, 2.75) is 516 Å². The van der Waals surface area contributed by atoms with Crippen molar-refractivity contribution in [1.82, 2.24) is 0 Å².